The summed E-state index contributed by atoms with van der Waals surface area (Å²) < 4.78 is 0. The van der Waals surface area contributed by atoms with Gasteiger partial charge in [0.15, 0.2) is 0 Å². The molecule has 2 aromatic carbocycles. The van der Waals surface area contributed by atoms with Gasteiger partial charge in [-0.2, -0.15) is 5.26 Å². The fourth-order valence-electron chi connectivity index (χ4n) is 3.40. The lowest BCUT2D eigenvalue weighted by Gasteiger charge is -2.25. The van der Waals surface area contributed by atoms with Crippen molar-refractivity contribution in [2.45, 2.75) is 18.9 Å². The third-order valence-corrected chi connectivity index (χ3v) is 4.61. The lowest BCUT2D eigenvalue weighted by molar-refractivity contribution is -0.117. The Hall–Kier alpha value is -3.46. The molecule has 1 aliphatic rings. The summed E-state index contributed by atoms with van der Waals surface area (Å²) in [6.45, 7) is 0.775. The van der Waals surface area contributed by atoms with Gasteiger partial charge in [0.05, 0.1) is 17.1 Å². The summed E-state index contributed by atoms with van der Waals surface area (Å²) in [4.78, 5) is 23.7. The zero-order valence-corrected chi connectivity index (χ0v) is 14.1. The van der Waals surface area contributed by atoms with Gasteiger partial charge >= 0.3 is 0 Å². The number of carbonyl (C=O) groups is 1. The fraction of sp³-hybridized carbons (Fsp3) is 0.200. The molecule has 1 aliphatic heterocycles. The number of aromatic nitrogens is 2. The number of anilines is 2. The van der Waals surface area contributed by atoms with Crippen LogP contribution in [0.25, 0.3) is 10.9 Å². The van der Waals surface area contributed by atoms with Crippen molar-refractivity contribution < 1.29 is 4.79 Å². The second-order valence-corrected chi connectivity index (χ2v) is 6.25. The first-order valence-corrected chi connectivity index (χ1v) is 8.54. The molecular formula is C20H17N5O. The molecule has 6 heteroatoms. The highest BCUT2D eigenvalue weighted by Crippen LogP contribution is 2.30. The fourth-order valence-corrected chi connectivity index (χ4v) is 3.40. The SMILES string of the molecule is N#Cc1cccc(NC(=O)C2CCCN2c2ncnc3ccccc23)c1. The summed E-state index contributed by atoms with van der Waals surface area (Å²) in [6, 6.07) is 16.6. The third kappa shape index (κ3) is 2.95. The van der Waals surface area contributed by atoms with Crippen LogP contribution in [0.5, 0.6) is 0 Å². The number of hydrogen-bond donors (Lipinski definition) is 1. The number of para-hydroxylation sites is 1. The van der Waals surface area contributed by atoms with E-state index in [0.29, 0.717) is 11.3 Å². The van der Waals surface area contributed by atoms with Crippen molar-refractivity contribution in [2.24, 2.45) is 0 Å². The average Bonchev–Trinajstić information content (AvgIpc) is 3.17. The number of rotatable bonds is 3. The van der Waals surface area contributed by atoms with Crippen LogP contribution in [0.3, 0.4) is 0 Å². The standard InChI is InChI=1S/C20H17N5O/c21-12-14-5-3-6-15(11-14)24-20(26)18-9-4-10-25(18)19-16-7-1-2-8-17(16)22-13-23-19/h1-3,5-8,11,13,18H,4,9-10H2,(H,24,26). The lowest BCUT2D eigenvalue weighted by Crippen LogP contribution is -2.40. The number of carbonyl (C=O) groups excluding carboxylic acids is 1. The van der Waals surface area contributed by atoms with Crippen molar-refractivity contribution in [2.75, 3.05) is 16.8 Å². The van der Waals surface area contributed by atoms with E-state index in [9.17, 15) is 4.79 Å². The van der Waals surface area contributed by atoms with E-state index in [4.69, 9.17) is 5.26 Å². The molecule has 0 saturated carbocycles. The number of fused-ring (bicyclic) bond motifs is 1. The Labute approximate surface area is 151 Å². The van der Waals surface area contributed by atoms with Crippen LogP contribution in [-0.2, 0) is 4.79 Å². The Morgan fingerprint density at radius 1 is 1.19 bits per heavy atom. The van der Waals surface area contributed by atoms with E-state index < -0.39 is 0 Å². The van der Waals surface area contributed by atoms with Gasteiger partial charge in [-0.1, -0.05) is 18.2 Å². The van der Waals surface area contributed by atoms with Gasteiger partial charge < -0.3 is 10.2 Å². The van der Waals surface area contributed by atoms with Crippen molar-refractivity contribution >= 4 is 28.3 Å². The number of amides is 1. The lowest BCUT2D eigenvalue weighted by atomic mass is 10.1. The maximum atomic E-state index is 12.9. The highest BCUT2D eigenvalue weighted by molar-refractivity contribution is 5.99. The number of hydrogen-bond acceptors (Lipinski definition) is 5. The van der Waals surface area contributed by atoms with Crippen molar-refractivity contribution in [3.05, 3.63) is 60.4 Å². The number of nitrogens with one attached hydrogen (secondary N) is 1. The summed E-state index contributed by atoms with van der Waals surface area (Å²) in [5.41, 5.74) is 2.02. The molecule has 2 heterocycles. The van der Waals surface area contributed by atoms with Gasteiger partial charge in [-0.25, -0.2) is 9.97 Å². The Bertz CT molecular complexity index is 1010. The molecule has 4 rings (SSSR count). The predicted molar refractivity (Wildman–Crippen MR) is 99.7 cm³/mol. The van der Waals surface area contributed by atoms with Crippen molar-refractivity contribution in [3.8, 4) is 6.07 Å². The summed E-state index contributed by atoms with van der Waals surface area (Å²) in [5.74, 6) is 0.708. The normalized spacial score (nSPS) is 16.4. The molecule has 1 atom stereocenters. The summed E-state index contributed by atoms with van der Waals surface area (Å²) in [5, 5.41) is 12.9. The van der Waals surface area contributed by atoms with Gasteiger partial charge in [0.2, 0.25) is 5.91 Å². The van der Waals surface area contributed by atoms with E-state index in [1.165, 1.54) is 0 Å². The Balaban J connectivity index is 1.62. The van der Waals surface area contributed by atoms with E-state index >= 15 is 0 Å². The van der Waals surface area contributed by atoms with Crippen LogP contribution in [0.4, 0.5) is 11.5 Å². The molecule has 1 fully saturated rings. The first-order valence-electron chi connectivity index (χ1n) is 8.54. The predicted octanol–water partition coefficient (Wildman–Crippen LogP) is 3.11. The topological polar surface area (TPSA) is 81.9 Å². The van der Waals surface area contributed by atoms with E-state index in [1.807, 2.05) is 29.2 Å². The zero-order chi connectivity index (χ0) is 17.9. The largest absolute Gasteiger partial charge is 0.344 e. The van der Waals surface area contributed by atoms with Gasteiger partial charge in [-0.15, -0.1) is 0 Å². The van der Waals surface area contributed by atoms with Gasteiger partial charge in [-0.05, 0) is 43.2 Å². The van der Waals surface area contributed by atoms with Crippen LogP contribution in [-0.4, -0.2) is 28.5 Å². The highest BCUT2D eigenvalue weighted by atomic mass is 16.2. The summed E-state index contributed by atoms with van der Waals surface area (Å²) >= 11 is 0. The summed E-state index contributed by atoms with van der Waals surface area (Å²) in [7, 11) is 0. The maximum Gasteiger partial charge on any atom is 0.247 e. The number of nitriles is 1. The third-order valence-electron chi connectivity index (χ3n) is 4.61. The van der Waals surface area contributed by atoms with Crippen LogP contribution >= 0.6 is 0 Å². The molecule has 0 aliphatic carbocycles. The van der Waals surface area contributed by atoms with E-state index in [-0.39, 0.29) is 11.9 Å². The second-order valence-electron chi connectivity index (χ2n) is 6.25. The molecule has 0 bridgehead atoms. The zero-order valence-electron chi connectivity index (χ0n) is 14.1. The van der Waals surface area contributed by atoms with Crippen molar-refractivity contribution in [3.63, 3.8) is 0 Å². The maximum absolute atomic E-state index is 12.9. The van der Waals surface area contributed by atoms with Gasteiger partial charge in [-0.3, -0.25) is 4.79 Å². The van der Waals surface area contributed by atoms with Crippen LogP contribution in [0.1, 0.15) is 18.4 Å². The van der Waals surface area contributed by atoms with E-state index in [0.717, 1.165) is 36.1 Å². The molecule has 1 N–H and O–H groups in total. The molecule has 128 valence electrons. The van der Waals surface area contributed by atoms with Gasteiger partial charge in [0.1, 0.15) is 18.2 Å². The van der Waals surface area contributed by atoms with E-state index in [2.05, 4.69) is 21.4 Å². The molecule has 0 radical (unpaired) electrons. The van der Waals surface area contributed by atoms with Crippen molar-refractivity contribution in [1.82, 2.24) is 9.97 Å². The second kappa shape index (κ2) is 6.81. The minimum absolute atomic E-state index is 0.0831. The number of nitrogens with zero attached hydrogens (tertiary/aromatic N) is 4. The smallest absolute Gasteiger partial charge is 0.247 e. The molecule has 1 aromatic heterocycles. The van der Waals surface area contributed by atoms with Gasteiger partial charge in [0, 0.05) is 17.6 Å². The van der Waals surface area contributed by atoms with Crippen LogP contribution in [0.15, 0.2) is 54.9 Å². The Morgan fingerprint density at radius 2 is 2.08 bits per heavy atom. The minimum Gasteiger partial charge on any atom is -0.344 e. The first-order chi connectivity index (χ1) is 12.8. The summed E-state index contributed by atoms with van der Waals surface area (Å²) in [6.07, 6.45) is 3.23. The highest BCUT2D eigenvalue weighted by Gasteiger charge is 2.32. The van der Waals surface area contributed by atoms with Crippen molar-refractivity contribution in [1.29, 1.82) is 5.26 Å². The quantitative estimate of drug-likeness (QED) is 0.790. The van der Waals surface area contributed by atoms with Gasteiger partial charge in [0.25, 0.3) is 0 Å². The molecule has 1 amide bonds. The molecule has 26 heavy (non-hydrogen) atoms. The van der Waals surface area contributed by atoms with Crippen LogP contribution in [0, 0.1) is 11.3 Å². The Kier molecular flexibility index (Phi) is 4.20. The molecule has 0 spiro atoms. The molecule has 6 nitrogen and oxygen atoms in total. The molecular weight excluding hydrogens is 326 g/mol. The average molecular weight is 343 g/mol. The monoisotopic (exact) mass is 343 g/mol. The minimum atomic E-state index is -0.293. The van der Waals surface area contributed by atoms with Crippen LogP contribution < -0.4 is 10.2 Å². The molecule has 3 aromatic rings. The molecule has 1 saturated heterocycles. The Morgan fingerprint density at radius 3 is 2.96 bits per heavy atom. The first kappa shape index (κ1) is 16.0. The molecule has 1 unspecified atom stereocenters. The number of benzene rings is 2. The van der Waals surface area contributed by atoms with E-state index in [1.54, 1.807) is 30.6 Å². The van der Waals surface area contributed by atoms with Crippen LogP contribution in [0.2, 0.25) is 0 Å².